The molecule has 0 aliphatic heterocycles. The molecule has 0 bridgehead atoms. The predicted molar refractivity (Wildman–Crippen MR) is 126 cm³/mol. The molecule has 0 unspecified atom stereocenters. The molecule has 1 amide bonds. The second kappa shape index (κ2) is 7.95. The molecule has 182 valence electrons. The number of hydrogen-bond donors (Lipinski definition) is 3. The number of aliphatic hydroxyl groups is 2. The van der Waals surface area contributed by atoms with Crippen LogP contribution in [0.15, 0.2) is 29.0 Å². The summed E-state index contributed by atoms with van der Waals surface area (Å²) in [6.45, 7) is 1.86. The van der Waals surface area contributed by atoms with Crippen molar-refractivity contribution < 1.29 is 29.3 Å². The molecule has 3 aliphatic rings. The number of primary amides is 1. The van der Waals surface area contributed by atoms with Gasteiger partial charge < -0.3 is 25.6 Å². The van der Waals surface area contributed by atoms with Gasteiger partial charge in [0.15, 0.2) is 11.4 Å². The van der Waals surface area contributed by atoms with E-state index in [2.05, 4.69) is 0 Å². The minimum Gasteiger partial charge on any atom is -0.508 e. The van der Waals surface area contributed by atoms with Gasteiger partial charge in [-0.3, -0.25) is 19.3 Å². The number of nitrogens with zero attached hydrogens (tertiary/aromatic N) is 2. The molecule has 0 saturated heterocycles. The van der Waals surface area contributed by atoms with Crippen molar-refractivity contribution in [3.63, 3.8) is 0 Å². The maximum Gasteiger partial charge on any atom is 0.255 e. The first kappa shape index (κ1) is 24.0. The third-order valence-corrected chi connectivity index (χ3v) is 7.58. The second-order valence-corrected chi connectivity index (χ2v) is 9.78. The van der Waals surface area contributed by atoms with E-state index in [0.29, 0.717) is 12.0 Å². The first-order valence-electron chi connectivity index (χ1n) is 11.2. The Balaban J connectivity index is 2.03. The summed E-state index contributed by atoms with van der Waals surface area (Å²) in [6.07, 6.45) is 0.761. The number of nitrogens with two attached hydrogens (primary N) is 1. The molecule has 0 aromatic heterocycles. The summed E-state index contributed by atoms with van der Waals surface area (Å²) in [4.78, 5) is 43.1. The lowest BCUT2D eigenvalue weighted by Crippen LogP contribution is -2.66. The number of hydrogen-bond acceptors (Lipinski definition) is 8. The van der Waals surface area contributed by atoms with E-state index in [1.807, 2.05) is 38.1 Å². The van der Waals surface area contributed by atoms with Gasteiger partial charge in [-0.1, -0.05) is 6.07 Å². The number of likely N-dealkylation sites (N-methyl/N-ethyl adjacent to an activating group) is 1. The predicted octanol–water partition coefficient (Wildman–Crippen LogP) is 1.29. The summed E-state index contributed by atoms with van der Waals surface area (Å²) in [7, 11) is 8.42. The molecular weight excluding hydrogens is 438 g/mol. The molecule has 1 fully saturated rings. The minimum absolute atomic E-state index is 0.145. The van der Waals surface area contributed by atoms with E-state index in [4.69, 9.17) is 10.5 Å². The van der Waals surface area contributed by atoms with Crippen LogP contribution in [-0.4, -0.2) is 79.5 Å². The zero-order valence-corrected chi connectivity index (χ0v) is 20.3. The van der Waals surface area contributed by atoms with Crippen LogP contribution in [0.2, 0.25) is 0 Å². The number of fused-ring (bicyclic) bond motifs is 3. The monoisotopic (exact) mass is 469 g/mol. The van der Waals surface area contributed by atoms with Crippen LogP contribution in [0.4, 0.5) is 5.69 Å². The molecule has 34 heavy (non-hydrogen) atoms. The van der Waals surface area contributed by atoms with Crippen LogP contribution in [0.5, 0.6) is 0 Å². The largest absolute Gasteiger partial charge is 0.508 e. The molecule has 4 rings (SSSR count). The van der Waals surface area contributed by atoms with Crippen molar-refractivity contribution in [2.75, 3.05) is 40.2 Å². The van der Waals surface area contributed by atoms with E-state index >= 15 is 0 Å². The Morgan fingerprint density at radius 2 is 1.82 bits per heavy atom. The number of benzene rings is 1. The van der Waals surface area contributed by atoms with Crippen LogP contribution >= 0.6 is 0 Å². The van der Waals surface area contributed by atoms with Crippen molar-refractivity contribution in [3.8, 4) is 0 Å². The molecule has 1 saturated carbocycles. The molecule has 1 aromatic carbocycles. The number of aliphatic hydroxyl groups excluding tert-OH is 2. The van der Waals surface area contributed by atoms with Crippen LogP contribution in [0.25, 0.3) is 5.76 Å². The Morgan fingerprint density at radius 3 is 2.35 bits per heavy atom. The van der Waals surface area contributed by atoms with Gasteiger partial charge in [0.1, 0.15) is 17.1 Å². The van der Waals surface area contributed by atoms with Crippen LogP contribution in [0, 0.1) is 18.8 Å². The quantitative estimate of drug-likeness (QED) is 0.562. The van der Waals surface area contributed by atoms with E-state index < -0.39 is 52.3 Å². The molecular formula is C25H31N3O6. The highest BCUT2D eigenvalue weighted by atomic mass is 16.5. The van der Waals surface area contributed by atoms with E-state index in [9.17, 15) is 24.6 Å². The van der Waals surface area contributed by atoms with E-state index in [0.717, 1.165) is 16.8 Å². The summed E-state index contributed by atoms with van der Waals surface area (Å²) in [5.41, 5.74) is 6.22. The zero-order chi connectivity index (χ0) is 25.3. The van der Waals surface area contributed by atoms with Crippen LogP contribution < -0.4 is 10.6 Å². The van der Waals surface area contributed by atoms with E-state index in [-0.39, 0.29) is 17.8 Å². The maximum absolute atomic E-state index is 14.1. The van der Waals surface area contributed by atoms with E-state index in [1.54, 1.807) is 19.0 Å². The molecule has 1 aromatic rings. The summed E-state index contributed by atoms with van der Waals surface area (Å²) < 4.78 is 5.70. The fourth-order valence-electron chi connectivity index (χ4n) is 6.16. The lowest BCUT2D eigenvalue weighted by atomic mass is 9.57. The lowest BCUT2D eigenvalue weighted by molar-refractivity contribution is -0.159. The number of ether oxygens (including phenoxy) is 1. The first-order chi connectivity index (χ1) is 15.9. The molecule has 9 nitrogen and oxygen atoms in total. The number of anilines is 1. The van der Waals surface area contributed by atoms with Crippen LogP contribution in [0.3, 0.4) is 0 Å². The Bertz CT molecular complexity index is 1180. The number of carbonyl (C=O) groups excluding carboxylic acids is 3. The van der Waals surface area contributed by atoms with Gasteiger partial charge in [-0.25, -0.2) is 0 Å². The highest BCUT2D eigenvalue weighted by Gasteiger charge is 2.65. The SMILES string of the molecule is CO[C@]12C(=O)C3=C(O)c4c(C)ccc(N(C)C)c4C[C@H]3C[C@H]1[C@H](N(C)C)C(=O)C(C(N)=O)=C2O. The number of Topliss-reactive ketones (excluding diaryl/α,β-unsaturated/α-hetero) is 2. The van der Waals surface area contributed by atoms with E-state index in [1.165, 1.54) is 7.11 Å². The zero-order valence-electron chi connectivity index (χ0n) is 20.3. The van der Waals surface area contributed by atoms with Crippen molar-refractivity contribution >= 4 is 28.9 Å². The molecule has 4 atom stereocenters. The van der Waals surface area contributed by atoms with Crippen molar-refractivity contribution in [2.45, 2.75) is 31.4 Å². The fourth-order valence-corrected chi connectivity index (χ4v) is 6.16. The summed E-state index contributed by atoms with van der Waals surface area (Å²) in [6, 6.07) is 2.95. The highest BCUT2D eigenvalue weighted by molar-refractivity contribution is 6.24. The standard InChI is InChI=1S/C25H31N3O6/c1-11-7-8-15(27(2)3)13-9-12-10-14-19(28(4)5)21(30)18(24(26)33)23(32)25(14,34-6)22(31)17(12)20(29)16(11)13/h7-8,12,14,19,29,32H,9-10H2,1-6H3,(H2,26,33)/t12-,14-,19-,25-/m0/s1. The van der Waals surface area contributed by atoms with Gasteiger partial charge in [0.05, 0.1) is 6.04 Å². The van der Waals surface area contributed by atoms with Gasteiger partial charge >= 0.3 is 0 Å². The van der Waals surface area contributed by atoms with Gasteiger partial charge in [0.25, 0.3) is 5.91 Å². The molecule has 0 radical (unpaired) electrons. The Hall–Kier alpha value is -3.17. The minimum atomic E-state index is -2.00. The Morgan fingerprint density at radius 1 is 1.18 bits per heavy atom. The summed E-state index contributed by atoms with van der Waals surface area (Å²) >= 11 is 0. The number of ketones is 2. The lowest BCUT2D eigenvalue weighted by Gasteiger charge is -2.52. The second-order valence-electron chi connectivity index (χ2n) is 9.78. The highest BCUT2D eigenvalue weighted by Crippen LogP contribution is 2.54. The van der Waals surface area contributed by atoms with Crippen LogP contribution in [0.1, 0.15) is 23.1 Å². The van der Waals surface area contributed by atoms with Crippen molar-refractivity contribution in [2.24, 2.45) is 17.6 Å². The molecule has 9 heteroatoms. The van der Waals surface area contributed by atoms with Gasteiger partial charge in [-0.05, 0) is 57.0 Å². The van der Waals surface area contributed by atoms with Gasteiger partial charge in [0, 0.05) is 43.9 Å². The Kier molecular flexibility index (Phi) is 5.61. The topological polar surface area (TPSA) is 133 Å². The Labute approximate surface area is 198 Å². The summed E-state index contributed by atoms with van der Waals surface area (Å²) in [5.74, 6) is -4.53. The smallest absolute Gasteiger partial charge is 0.255 e. The fraction of sp³-hybridized carbons (Fsp3) is 0.480. The maximum atomic E-state index is 14.1. The van der Waals surface area contributed by atoms with Gasteiger partial charge in [-0.2, -0.15) is 0 Å². The van der Waals surface area contributed by atoms with Gasteiger partial charge in [0.2, 0.25) is 5.78 Å². The third-order valence-electron chi connectivity index (χ3n) is 7.58. The number of carbonyl (C=O) groups is 3. The normalized spacial score (nSPS) is 28.6. The average Bonchev–Trinajstić information content (AvgIpc) is 2.73. The first-order valence-corrected chi connectivity index (χ1v) is 11.2. The van der Waals surface area contributed by atoms with Crippen molar-refractivity contribution in [1.29, 1.82) is 0 Å². The number of aryl methyl sites for hydroxylation is 1. The third kappa shape index (κ3) is 2.96. The van der Waals surface area contributed by atoms with Gasteiger partial charge in [-0.15, -0.1) is 0 Å². The van der Waals surface area contributed by atoms with Crippen molar-refractivity contribution in [1.82, 2.24) is 4.90 Å². The molecule has 0 heterocycles. The number of amides is 1. The van der Waals surface area contributed by atoms with Crippen molar-refractivity contribution in [3.05, 3.63) is 45.7 Å². The molecule has 0 spiro atoms. The van der Waals surface area contributed by atoms with Crippen LogP contribution in [-0.2, 0) is 25.5 Å². The average molecular weight is 470 g/mol. The summed E-state index contributed by atoms with van der Waals surface area (Å²) in [5, 5.41) is 22.6. The molecule has 3 aliphatic carbocycles. The number of methoxy groups -OCH3 is 1. The number of rotatable bonds is 4. The molecule has 4 N–H and O–H groups in total.